The van der Waals surface area contributed by atoms with Crippen molar-refractivity contribution in [1.29, 1.82) is 0 Å². The number of aromatic nitrogens is 2. The number of fused-ring (bicyclic) bond motifs is 1. The summed E-state index contributed by atoms with van der Waals surface area (Å²) in [5.74, 6) is 0.680. The zero-order valence-corrected chi connectivity index (χ0v) is 13.4. The molecule has 0 bridgehead atoms. The van der Waals surface area contributed by atoms with Crippen molar-refractivity contribution in [1.82, 2.24) is 9.97 Å². The number of aromatic hydroxyl groups is 1. The maximum absolute atomic E-state index is 10.3. The molecule has 1 heterocycles. The highest BCUT2D eigenvalue weighted by Crippen LogP contribution is 2.35. The maximum atomic E-state index is 10.3. The van der Waals surface area contributed by atoms with E-state index >= 15 is 0 Å². The zero-order chi connectivity index (χ0) is 16.5. The molecule has 0 aliphatic heterocycles. The highest BCUT2D eigenvalue weighted by Gasteiger charge is 2.15. The number of para-hydroxylation sites is 1. The first-order chi connectivity index (χ1) is 11.7. The first-order valence-electron chi connectivity index (χ1n) is 7.54. The van der Waals surface area contributed by atoms with Gasteiger partial charge in [-0.1, -0.05) is 72.3 Å². The molecule has 0 atom stereocenters. The Hall–Kier alpha value is -2.91. The van der Waals surface area contributed by atoms with Gasteiger partial charge in [-0.2, -0.15) is 0 Å². The molecule has 0 radical (unpaired) electrons. The lowest BCUT2D eigenvalue weighted by atomic mass is 10.1. The lowest BCUT2D eigenvalue weighted by Gasteiger charge is -2.11. The number of phenols is 1. The van der Waals surface area contributed by atoms with Crippen molar-refractivity contribution in [2.45, 2.75) is 0 Å². The quantitative estimate of drug-likeness (QED) is 0.540. The molecule has 0 aliphatic carbocycles. The van der Waals surface area contributed by atoms with E-state index in [4.69, 9.17) is 16.6 Å². The van der Waals surface area contributed by atoms with Crippen molar-refractivity contribution in [3.8, 4) is 28.4 Å². The Balaban J connectivity index is 2.08. The van der Waals surface area contributed by atoms with Crippen molar-refractivity contribution in [3.05, 3.63) is 77.8 Å². The molecule has 1 N–H and O–H groups in total. The van der Waals surface area contributed by atoms with Crippen molar-refractivity contribution in [2.75, 3.05) is 0 Å². The predicted molar refractivity (Wildman–Crippen MR) is 97.1 cm³/mol. The van der Waals surface area contributed by atoms with Gasteiger partial charge in [0.15, 0.2) is 5.82 Å². The molecule has 0 aliphatic rings. The van der Waals surface area contributed by atoms with Gasteiger partial charge in [-0.25, -0.2) is 9.97 Å². The van der Waals surface area contributed by atoms with Crippen LogP contribution in [0.25, 0.3) is 33.5 Å². The molecule has 3 aromatic carbocycles. The lowest BCUT2D eigenvalue weighted by Crippen LogP contribution is -1.95. The van der Waals surface area contributed by atoms with E-state index in [1.54, 1.807) is 12.1 Å². The van der Waals surface area contributed by atoms with Crippen LogP contribution in [0.5, 0.6) is 5.75 Å². The molecule has 0 amide bonds. The fraction of sp³-hybridized carbons (Fsp3) is 0. The van der Waals surface area contributed by atoms with Crippen LogP contribution in [-0.4, -0.2) is 15.1 Å². The molecule has 24 heavy (non-hydrogen) atoms. The fourth-order valence-corrected chi connectivity index (χ4v) is 2.94. The monoisotopic (exact) mass is 332 g/mol. The van der Waals surface area contributed by atoms with E-state index < -0.39 is 0 Å². The number of benzene rings is 3. The molecule has 1 aromatic heterocycles. The van der Waals surface area contributed by atoms with Crippen LogP contribution in [0.4, 0.5) is 0 Å². The van der Waals surface area contributed by atoms with Crippen molar-refractivity contribution in [2.24, 2.45) is 0 Å². The van der Waals surface area contributed by atoms with Gasteiger partial charge in [-0.05, 0) is 12.1 Å². The van der Waals surface area contributed by atoms with Crippen molar-refractivity contribution < 1.29 is 5.11 Å². The molecule has 0 saturated heterocycles. The number of hydrogen-bond acceptors (Lipinski definition) is 3. The smallest absolute Gasteiger partial charge is 0.160 e. The molecule has 4 heteroatoms. The van der Waals surface area contributed by atoms with Gasteiger partial charge in [0.25, 0.3) is 0 Å². The highest BCUT2D eigenvalue weighted by molar-refractivity contribution is 6.33. The normalized spacial score (nSPS) is 10.9. The fourth-order valence-electron chi connectivity index (χ4n) is 2.71. The third-order valence-electron chi connectivity index (χ3n) is 3.87. The molecule has 3 nitrogen and oxygen atoms in total. The van der Waals surface area contributed by atoms with Gasteiger partial charge in [-0.15, -0.1) is 0 Å². The molecule has 0 spiro atoms. The van der Waals surface area contributed by atoms with Crippen LogP contribution in [0.3, 0.4) is 0 Å². The van der Waals surface area contributed by atoms with E-state index in [-0.39, 0.29) is 5.75 Å². The second-order valence-corrected chi connectivity index (χ2v) is 5.82. The molecule has 0 fully saturated rings. The molecule has 4 aromatic rings. The SMILES string of the molecule is Oc1cccc2c(-c3ccccc3Cl)nc(-c3ccccc3)nc12. The van der Waals surface area contributed by atoms with Gasteiger partial charge >= 0.3 is 0 Å². The van der Waals surface area contributed by atoms with Crippen molar-refractivity contribution in [3.63, 3.8) is 0 Å². The Labute approximate surface area is 144 Å². The van der Waals surface area contributed by atoms with Crippen molar-refractivity contribution >= 4 is 22.5 Å². The topological polar surface area (TPSA) is 46.0 Å². The summed E-state index contributed by atoms with van der Waals surface area (Å²) in [6.07, 6.45) is 0. The molecular formula is C20H13ClN2O. The molecule has 0 unspecified atom stereocenters. The van der Waals surface area contributed by atoms with Crippen LogP contribution >= 0.6 is 11.6 Å². The highest BCUT2D eigenvalue weighted by atomic mass is 35.5. The van der Waals surface area contributed by atoms with Crippen LogP contribution < -0.4 is 0 Å². The number of rotatable bonds is 2. The Morgan fingerprint density at radius 3 is 2.29 bits per heavy atom. The summed E-state index contributed by atoms with van der Waals surface area (Å²) >= 11 is 6.37. The minimum absolute atomic E-state index is 0.125. The summed E-state index contributed by atoms with van der Waals surface area (Å²) in [5.41, 5.74) is 2.92. The van der Waals surface area contributed by atoms with Crippen LogP contribution in [0, 0.1) is 0 Å². The number of nitrogens with zero attached hydrogens (tertiary/aromatic N) is 2. The van der Waals surface area contributed by atoms with Crippen LogP contribution in [0.2, 0.25) is 5.02 Å². The van der Waals surface area contributed by atoms with Gasteiger partial charge in [-0.3, -0.25) is 0 Å². The maximum Gasteiger partial charge on any atom is 0.160 e. The Bertz CT molecular complexity index is 1030. The largest absolute Gasteiger partial charge is 0.506 e. The number of halogens is 1. The molecular weight excluding hydrogens is 320 g/mol. The number of phenolic OH excluding ortho intramolecular Hbond substituents is 1. The van der Waals surface area contributed by atoms with E-state index in [0.717, 1.165) is 16.5 Å². The summed E-state index contributed by atoms with van der Waals surface area (Å²) in [6.45, 7) is 0. The minimum atomic E-state index is 0.125. The standard InChI is InChI=1S/C20H13ClN2O/c21-16-11-5-4-9-14(16)18-15-10-6-12-17(24)19(15)23-20(22-18)13-7-2-1-3-8-13/h1-12,24H. The first-order valence-corrected chi connectivity index (χ1v) is 7.92. The summed E-state index contributed by atoms with van der Waals surface area (Å²) in [6, 6.07) is 22.5. The van der Waals surface area contributed by atoms with Gasteiger partial charge in [0.05, 0.1) is 5.69 Å². The van der Waals surface area contributed by atoms with Gasteiger partial charge < -0.3 is 5.11 Å². The zero-order valence-electron chi connectivity index (χ0n) is 12.6. The summed E-state index contributed by atoms with van der Waals surface area (Å²) in [5, 5.41) is 11.6. The summed E-state index contributed by atoms with van der Waals surface area (Å²) in [4.78, 5) is 9.29. The van der Waals surface area contributed by atoms with E-state index in [2.05, 4.69) is 4.98 Å². The van der Waals surface area contributed by atoms with Crippen LogP contribution in [-0.2, 0) is 0 Å². The molecule has 0 saturated carbocycles. The second kappa shape index (κ2) is 5.95. The van der Waals surface area contributed by atoms with Gasteiger partial charge in [0, 0.05) is 21.5 Å². The van der Waals surface area contributed by atoms with E-state index in [1.165, 1.54) is 0 Å². The molecule has 4 rings (SSSR count). The van der Waals surface area contributed by atoms with Crippen LogP contribution in [0.15, 0.2) is 72.8 Å². The Morgan fingerprint density at radius 1 is 0.750 bits per heavy atom. The summed E-state index contributed by atoms with van der Waals surface area (Å²) in [7, 11) is 0. The average Bonchev–Trinajstić information content (AvgIpc) is 2.63. The van der Waals surface area contributed by atoms with E-state index in [0.29, 0.717) is 22.1 Å². The van der Waals surface area contributed by atoms with E-state index in [9.17, 15) is 5.11 Å². The first kappa shape index (κ1) is 14.7. The molecule has 116 valence electrons. The van der Waals surface area contributed by atoms with E-state index in [1.807, 2.05) is 60.7 Å². The third kappa shape index (κ3) is 2.49. The average molecular weight is 333 g/mol. The lowest BCUT2D eigenvalue weighted by molar-refractivity contribution is 0.480. The Kier molecular flexibility index (Phi) is 3.63. The van der Waals surface area contributed by atoms with Gasteiger partial charge in [0.1, 0.15) is 11.3 Å². The third-order valence-corrected chi connectivity index (χ3v) is 4.20. The summed E-state index contributed by atoms with van der Waals surface area (Å²) < 4.78 is 0. The Morgan fingerprint density at radius 2 is 1.50 bits per heavy atom. The number of hydrogen-bond donors (Lipinski definition) is 1. The second-order valence-electron chi connectivity index (χ2n) is 5.41. The van der Waals surface area contributed by atoms with Crippen LogP contribution in [0.1, 0.15) is 0 Å². The van der Waals surface area contributed by atoms with Gasteiger partial charge in [0.2, 0.25) is 0 Å². The minimum Gasteiger partial charge on any atom is -0.506 e. The predicted octanol–water partition coefficient (Wildman–Crippen LogP) is 5.32.